The molecule has 1 aromatic rings. The molecule has 0 saturated carbocycles. The van der Waals surface area contributed by atoms with Gasteiger partial charge >= 0.3 is 5.88 Å². The predicted octanol–water partition coefficient (Wildman–Crippen LogP) is 2.45. The number of nitrogens with zero attached hydrogens (tertiary/aromatic N) is 2. The summed E-state index contributed by atoms with van der Waals surface area (Å²) in [5, 5.41) is 12.7. The molecule has 5 heteroatoms. The van der Waals surface area contributed by atoms with Gasteiger partial charge in [-0.15, -0.1) is 0 Å². The maximum absolute atomic E-state index is 9.40. The highest BCUT2D eigenvalue weighted by molar-refractivity contribution is 5.63. The quantitative estimate of drug-likeness (QED) is 0.565. The van der Waals surface area contributed by atoms with E-state index in [-0.39, 0.29) is 0 Å². The van der Waals surface area contributed by atoms with E-state index in [2.05, 4.69) is 25.2 Å². The van der Waals surface area contributed by atoms with Gasteiger partial charge in [0.1, 0.15) is 6.07 Å². The maximum Gasteiger partial charge on any atom is 0.304 e. The first kappa shape index (κ1) is 16.1. The topological polar surface area (TPSA) is 74.9 Å². The molecular weight excluding hydrogens is 252 g/mol. The Labute approximate surface area is 121 Å². The summed E-state index contributed by atoms with van der Waals surface area (Å²) in [6.07, 6.45) is 4.22. The van der Waals surface area contributed by atoms with Crippen molar-refractivity contribution in [2.24, 2.45) is 0 Å². The van der Waals surface area contributed by atoms with Crippen molar-refractivity contribution in [3.63, 3.8) is 0 Å². The van der Waals surface area contributed by atoms with Gasteiger partial charge < -0.3 is 10.1 Å². The Morgan fingerprint density at radius 1 is 1.35 bits per heavy atom. The van der Waals surface area contributed by atoms with Gasteiger partial charge in [-0.25, -0.2) is 0 Å². The van der Waals surface area contributed by atoms with Gasteiger partial charge in [-0.2, -0.15) is 9.83 Å². The molecule has 20 heavy (non-hydrogen) atoms. The molecule has 0 bridgehead atoms. The van der Waals surface area contributed by atoms with Crippen LogP contribution < -0.4 is 20.4 Å². The van der Waals surface area contributed by atoms with Crippen LogP contribution in [0.2, 0.25) is 0 Å². The number of unbranched alkanes of at least 4 members (excludes halogenated alkanes) is 2. The number of nitrogens with two attached hydrogens (primary N) is 1. The molecule has 0 fully saturated rings. The SMILES string of the molecule is CCCCNc1cc(N)[n+](CCCC)c(OC)c1C#N. The fraction of sp³-hybridized carbons (Fsp3) is 0.600. The van der Waals surface area contributed by atoms with Gasteiger partial charge in [0.2, 0.25) is 0 Å². The smallest absolute Gasteiger partial charge is 0.304 e. The Morgan fingerprint density at radius 3 is 2.60 bits per heavy atom. The molecule has 0 radical (unpaired) electrons. The van der Waals surface area contributed by atoms with E-state index in [1.165, 1.54) is 0 Å². The van der Waals surface area contributed by atoms with Crippen molar-refractivity contribution < 1.29 is 9.30 Å². The number of methoxy groups -OCH3 is 1. The number of ether oxygens (including phenoxy) is 1. The zero-order valence-corrected chi connectivity index (χ0v) is 12.7. The van der Waals surface area contributed by atoms with Crippen LogP contribution in [0.15, 0.2) is 6.07 Å². The third-order valence-corrected chi connectivity index (χ3v) is 3.22. The molecule has 0 aromatic carbocycles. The van der Waals surface area contributed by atoms with E-state index in [0.717, 1.165) is 44.5 Å². The lowest BCUT2D eigenvalue weighted by atomic mass is 10.2. The van der Waals surface area contributed by atoms with Crippen LogP contribution in [-0.2, 0) is 6.54 Å². The highest BCUT2D eigenvalue weighted by Crippen LogP contribution is 2.25. The van der Waals surface area contributed by atoms with E-state index in [1.807, 2.05) is 10.6 Å². The number of pyridine rings is 1. The van der Waals surface area contributed by atoms with Gasteiger partial charge in [-0.1, -0.05) is 26.7 Å². The van der Waals surface area contributed by atoms with E-state index in [1.54, 1.807) is 7.11 Å². The second-order valence-electron chi connectivity index (χ2n) is 4.76. The normalized spacial score (nSPS) is 10.1. The summed E-state index contributed by atoms with van der Waals surface area (Å²) in [5.74, 6) is 1.16. The van der Waals surface area contributed by atoms with E-state index >= 15 is 0 Å². The minimum Gasteiger partial charge on any atom is -0.465 e. The van der Waals surface area contributed by atoms with Gasteiger partial charge in [0, 0.05) is 6.54 Å². The van der Waals surface area contributed by atoms with Crippen molar-refractivity contribution in [3.05, 3.63) is 11.6 Å². The van der Waals surface area contributed by atoms with Crippen LogP contribution in [0.5, 0.6) is 5.88 Å². The third kappa shape index (κ3) is 3.77. The van der Waals surface area contributed by atoms with Gasteiger partial charge in [0.25, 0.3) is 5.82 Å². The summed E-state index contributed by atoms with van der Waals surface area (Å²) in [4.78, 5) is 0. The molecular formula is C15H25N4O+. The summed E-state index contributed by atoms with van der Waals surface area (Å²) in [6.45, 7) is 5.84. The van der Waals surface area contributed by atoms with Crippen LogP contribution in [0.1, 0.15) is 45.1 Å². The van der Waals surface area contributed by atoms with Crippen molar-refractivity contribution in [3.8, 4) is 11.9 Å². The van der Waals surface area contributed by atoms with E-state index in [9.17, 15) is 5.26 Å². The van der Waals surface area contributed by atoms with Crippen LogP contribution in [0.25, 0.3) is 0 Å². The standard InChI is InChI=1S/C15H24N4O/c1-4-6-8-18-13-10-14(17)19(9-7-5-2)15(20-3)12(13)11-16/h10H,4-9H2,1-3H3,(H2,17,18)/p+1. The Morgan fingerprint density at radius 2 is 2.05 bits per heavy atom. The zero-order chi connectivity index (χ0) is 15.0. The lowest BCUT2D eigenvalue weighted by Gasteiger charge is -2.14. The van der Waals surface area contributed by atoms with Gasteiger partial charge in [0.15, 0.2) is 5.56 Å². The zero-order valence-electron chi connectivity index (χ0n) is 12.7. The molecule has 0 saturated heterocycles. The number of nitrogens with one attached hydrogen (secondary N) is 1. The van der Waals surface area contributed by atoms with Crippen LogP contribution in [0.4, 0.5) is 11.5 Å². The van der Waals surface area contributed by atoms with Crippen LogP contribution >= 0.6 is 0 Å². The van der Waals surface area contributed by atoms with Gasteiger partial charge in [-0.3, -0.25) is 5.73 Å². The molecule has 0 atom stereocenters. The second-order valence-corrected chi connectivity index (χ2v) is 4.76. The molecule has 0 amide bonds. The molecule has 0 spiro atoms. The summed E-state index contributed by atoms with van der Waals surface area (Å²) in [5.41, 5.74) is 7.37. The summed E-state index contributed by atoms with van der Waals surface area (Å²) in [7, 11) is 1.58. The molecule has 5 nitrogen and oxygen atoms in total. The number of aromatic nitrogens is 1. The molecule has 1 heterocycles. The molecule has 110 valence electrons. The number of anilines is 2. The maximum atomic E-state index is 9.40. The van der Waals surface area contributed by atoms with Gasteiger partial charge in [-0.05, 0) is 12.8 Å². The van der Waals surface area contributed by atoms with Crippen molar-refractivity contribution in [1.82, 2.24) is 0 Å². The van der Waals surface area contributed by atoms with Crippen molar-refractivity contribution in [2.75, 3.05) is 24.7 Å². The van der Waals surface area contributed by atoms with E-state index < -0.39 is 0 Å². The molecule has 0 aliphatic heterocycles. The average molecular weight is 277 g/mol. The minimum atomic E-state index is 0.522. The molecule has 0 aliphatic carbocycles. The minimum absolute atomic E-state index is 0.522. The van der Waals surface area contributed by atoms with E-state index in [4.69, 9.17) is 10.5 Å². The van der Waals surface area contributed by atoms with Crippen molar-refractivity contribution in [2.45, 2.75) is 46.1 Å². The number of hydrogen-bond donors (Lipinski definition) is 2. The Balaban J connectivity index is 3.15. The Kier molecular flexibility index (Phi) is 6.65. The fourth-order valence-corrected chi connectivity index (χ4v) is 2.07. The summed E-state index contributed by atoms with van der Waals surface area (Å²) in [6, 6.07) is 4.05. The molecule has 3 N–H and O–H groups in total. The highest BCUT2D eigenvalue weighted by atomic mass is 16.5. The lowest BCUT2D eigenvalue weighted by molar-refractivity contribution is -0.688. The fourth-order valence-electron chi connectivity index (χ4n) is 2.07. The van der Waals surface area contributed by atoms with Crippen LogP contribution in [-0.4, -0.2) is 13.7 Å². The first-order valence-corrected chi connectivity index (χ1v) is 7.23. The van der Waals surface area contributed by atoms with Gasteiger partial charge in [0.05, 0.1) is 25.4 Å². The van der Waals surface area contributed by atoms with Crippen molar-refractivity contribution in [1.29, 1.82) is 5.26 Å². The number of nitriles is 1. The lowest BCUT2D eigenvalue weighted by Crippen LogP contribution is -2.39. The Bertz CT molecular complexity index is 480. The summed E-state index contributed by atoms with van der Waals surface area (Å²) >= 11 is 0. The largest absolute Gasteiger partial charge is 0.465 e. The average Bonchev–Trinajstić information content (AvgIpc) is 2.45. The Hall–Kier alpha value is -1.96. The number of nitrogen functional groups attached to an aromatic ring is 1. The molecule has 0 unspecified atom stereocenters. The second kappa shape index (κ2) is 8.26. The monoisotopic (exact) mass is 277 g/mol. The van der Waals surface area contributed by atoms with Crippen LogP contribution in [0, 0.1) is 11.3 Å². The summed E-state index contributed by atoms with van der Waals surface area (Å²) < 4.78 is 7.28. The number of rotatable bonds is 8. The molecule has 1 aromatic heterocycles. The first-order chi connectivity index (χ1) is 9.69. The first-order valence-electron chi connectivity index (χ1n) is 7.23. The molecule has 0 aliphatic rings. The highest BCUT2D eigenvalue weighted by Gasteiger charge is 2.21. The third-order valence-electron chi connectivity index (χ3n) is 3.22. The molecule has 1 rings (SSSR count). The van der Waals surface area contributed by atoms with E-state index in [0.29, 0.717) is 17.3 Å². The van der Waals surface area contributed by atoms with Crippen molar-refractivity contribution >= 4 is 11.5 Å². The van der Waals surface area contributed by atoms with Crippen LogP contribution in [0.3, 0.4) is 0 Å². The number of hydrogen-bond acceptors (Lipinski definition) is 4. The predicted molar refractivity (Wildman–Crippen MR) is 80.6 cm³/mol.